The van der Waals surface area contributed by atoms with Gasteiger partial charge in [-0.05, 0) is 19.9 Å². The summed E-state index contributed by atoms with van der Waals surface area (Å²) >= 11 is 0. The molecule has 1 fully saturated rings. The molecule has 1 aliphatic heterocycles. The van der Waals surface area contributed by atoms with Crippen molar-refractivity contribution in [1.29, 1.82) is 0 Å². The monoisotopic (exact) mass is 491 g/mol. The van der Waals surface area contributed by atoms with Crippen LogP contribution < -0.4 is 14.8 Å². The molecule has 0 aliphatic carbocycles. The van der Waals surface area contributed by atoms with E-state index in [1.165, 1.54) is 19.2 Å². The van der Waals surface area contributed by atoms with Crippen molar-refractivity contribution in [1.82, 2.24) is 9.97 Å². The highest BCUT2D eigenvalue weighted by atomic mass is 19.3. The molecular formula is C25H28F3N3O4. The number of halogens is 3. The number of nitrogens with zero attached hydrogens (tertiary/aromatic N) is 2. The van der Waals surface area contributed by atoms with Gasteiger partial charge in [0, 0.05) is 23.9 Å². The van der Waals surface area contributed by atoms with E-state index in [4.69, 9.17) is 18.9 Å². The maximum atomic E-state index is 14.9. The van der Waals surface area contributed by atoms with E-state index in [1.807, 2.05) is 0 Å². The summed E-state index contributed by atoms with van der Waals surface area (Å²) in [6.45, 7) is 5.84. The van der Waals surface area contributed by atoms with Gasteiger partial charge in [-0.15, -0.1) is 0 Å². The fourth-order valence-corrected chi connectivity index (χ4v) is 3.96. The molecule has 0 unspecified atom stereocenters. The molecule has 0 radical (unpaired) electrons. The summed E-state index contributed by atoms with van der Waals surface area (Å²) in [4.78, 5) is 8.96. The van der Waals surface area contributed by atoms with Crippen molar-refractivity contribution in [2.24, 2.45) is 0 Å². The molecule has 3 aromatic rings. The van der Waals surface area contributed by atoms with Crippen LogP contribution in [0.1, 0.15) is 36.8 Å². The third-order valence-electron chi connectivity index (χ3n) is 5.72. The summed E-state index contributed by atoms with van der Waals surface area (Å²) in [6, 6.07) is 6.79. The molecule has 0 bridgehead atoms. The number of alkyl halides is 2. The lowest BCUT2D eigenvalue weighted by Crippen LogP contribution is -2.33. The van der Waals surface area contributed by atoms with E-state index in [0.29, 0.717) is 60.8 Å². The van der Waals surface area contributed by atoms with Crippen molar-refractivity contribution >= 4 is 16.7 Å². The van der Waals surface area contributed by atoms with Crippen LogP contribution in [0.15, 0.2) is 30.3 Å². The Balaban J connectivity index is 1.66. The number of rotatable bonds is 8. The Morgan fingerprint density at radius 3 is 2.69 bits per heavy atom. The van der Waals surface area contributed by atoms with Crippen LogP contribution in [0.2, 0.25) is 0 Å². The Kier molecular flexibility index (Phi) is 7.32. The molecule has 1 aliphatic rings. The van der Waals surface area contributed by atoms with Crippen molar-refractivity contribution in [3.8, 4) is 11.5 Å². The number of aromatic nitrogens is 2. The first-order chi connectivity index (χ1) is 16.7. The molecule has 1 N–H and O–H groups in total. The molecule has 0 saturated carbocycles. The SMILES string of the molecule is COc1cc2nc(C)nc(N[C@H](C)c3cccc(C(C)(F)F)c3F)c2cc1OC[C@H]1COCCO1. The van der Waals surface area contributed by atoms with Crippen LogP contribution in [0.25, 0.3) is 10.9 Å². The van der Waals surface area contributed by atoms with Crippen LogP contribution in [-0.4, -0.2) is 49.6 Å². The van der Waals surface area contributed by atoms with Crippen LogP contribution in [-0.2, 0) is 15.4 Å². The lowest BCUT2D eigenvalue weighted by atomic mass is 10.0. The summed E-state index contributed by atoms with van der Waals surface area (Å²) in [6.07, 6.45) is -0.206. The minimum Gasteiger partial charge on any atom is -0.493 e. The maximum Gasteiger partial charge on any atom is 0.273 e. The van der Waals surface area contributed by atoms with Crippen molar-refractivity contribution in [3.63, 3.8) is 0 Å². The Bertz CT molecular complexity index is 1200. The van der Waals surface area contributed by atoms with E-state index in [0.717, 1.165) is 6.07 Å². The number of hydrogen-bond acceptors (Lipinski definition) is 7. The Morgan fingerprint density at radius 1 is 1.20 bits per heavy atom. The van der Waals surface area contributed by atoms with Crippen LogP contribution in [0.4, 0.5) is 19.0 Å². The minimum atomic E-state index is -3.30. The van der Waals surface area contributed by atoms with Gasteiger partial charge in [0.25, 0.3) is 5.92 Å². The minimum absolute atomic E-state index is 0.105. The van der Waals surface area contributed by atoms with Crippen LogP contribution in [0.3, 0.4) is 0 Å². The van der Waals surface area contributed by atoms with E-state index < -0.39 is 23.3 Å². The predicted molar refractivity (Wildman–Crippen MR) is 125 cm³/mol. The molecule has 2 atom stereocenters. The van der Waals surface area contributed by atoms with E-state index in [1.54, 1.807) is 26.0 Å². The summed E-state index contributed by atoms with van der Waals surface area (Å²) in [5.74, 6) is -2.42. The van der Waals surface area contributed by atoms with Gasteiger partial charge < -0.3 is 24.3 Å². The first-order valence-corrected chi connectivity index (χ1v) is 11.3. The number of nitrogens with one attached hydrogen (secondary N) is 1. The Labute approximate surface area is 201 Å². The summed E-state index contributed by atoms with van der Waals surface area (Å²) < 4.78 is 65.1. The number of anilines is 1. The summed E-state index contributed by atoms with van der Waals surface area (Å²) in [5.41, 5.74) is 0.0394. The molecule has 4 rings (SSSR count). The third kappa shape index (κ3) is 5.59. The highest BCUT2D eigenvalue weighted by Crippen LogP contribution is 2.37. The molecule has 2 aromatic carbocycles. The number of aryl methyl sites for hydroxylation is 1. The van der Waals surface area contributed by atoms with Crippen molar-refractivity contribution < 1.29 is 32.1 Å². The first kappa shape index (κ1) is 25.0. The molecule has 7 nitrogen and oxygen atoms in total. The lowest BCUT2D eigenvalue weighted by Gasteiger charge is -2.23. The second-order valence-corrected chi connectivity index (χ2v) is 8.48. The summed E-state index contributed by atoms with van der Waals surface area (Å²) in [7, 11) is 1.53. The largest absolute Gasteiger partial charge is 0.493 e. The standard InChI is InChI=1S/C25H28F3N3O4/c1-14(17-6-5-7-19(23(17)26)25(3,27)28)29-24-18-10-22(35-13-16-12-33-8-9-34-16)21(32-4)11-20(18)30-15(2)31-24/h5-7,10-11,14,16H,8-9,12-13H2,1-4H3,(H,29,30,31)/t14-,16-/m1/s1. The van der Waals surface area contributed by atoms with E-state index in [2.05, 4.69) is 15.3 Å². The van der Waals surface area contributed by atoms with E-state index >= 15 is 0 Å². The van der Waals surface area contributed by atoms with Gasteiger partial charge in [-0.1, -0.05) is 18.2 Å². The van der Waals surface area contributed by atoms with Crippen LogP contribution in [0.5, 0.6) is 11.5 Å². The molecule has 35 heavy (non-hydrogen) atoms. The number of methoxy groups -OCH3 is 1. The molecule has 10 heteroatoms. The second kappa shape index (κ2) is 10.2. The average Bonchev–Trinajstić information content (AvgIpc) is 2.82. The van der Waals surface area contributed by atoms with Gasteiger partial charge in [-0.25, -0.2) is 23.1 Å². The fourth-order valence-electron chi connectivity index (χ4n) is 3.96. The van der Waals surface area contributed by atoms with Crippen LogP contribution >= 0.6 is 0 Å². The van der Waals surface area contributed by atoms with Gasteiger partial charge >= 0.3 is 0 Å². The van der Waals surface area contributed by atoms with Gasteiger partial charge in [0.15, 0.2) is 11.5 Å². The third-order valence-corrected chi connectivity index (χ3v) is 5.72. The average molecular weight is 492 g/mol. The van der Waals surface area contributed by atoms with Crippen LogP contribution in [0, 0.1) is 12.7 Å². The highest BCUT2D eigenvalue weighted by Gasteiger charge is 2.30. The molecule has 0 spiro atoms. The Hall–Kier alpha value is -3.11. The van der Waals surface area contributed by atoms with Crippen molar-refractivity contribution in [3.05, 3.63) is 53.1 Å². The second-order valence-electron chi connectivity index (χ2n) is 8.48. The molecule has 188 valence electrons. The molecular weight excluding hydrogens is 463 g/mol. The normalized spacial score (nSPS) is 17.3. The van der Waals surface area contributed by atoms with Gasteiger partial charge in [0.1, 0.15) is 30.2 Å². The number of benzene rings is 2. The number of hydrogen-bond donors (Lipinski definition) is 1. The zero-order chi connectivity index (χ0) is 25.2. The smallest absolute Gasteiger partial charge is 0.273 e. The fraction of sp³-hybridized carbons (Fsp3) is 0.440. The van der Waals surface area contributed by atoms with Crippen molar-refractivity contribution in [2.75, 3.05) is 38.9 Å². The molecule has 1 aromatic heterocycles. The van der Waals surface area contributed by atoms with Gasteiger partial charge in [0.2, 0.25) is 0 Å². The zero-order valence-corrected chi connectivity index (χ0v) is 20.0. The molecule has 0 amide bonds. The topological polar surface area (TPSA) is 74.7 Å². The van der Waals surface area contributed by atoms with E-state index in [-0.39, 0.29) is 18.3 Å². The quantitative estimate of drug-likeness (QED) is 0.466. The maximum absolute atomic E-state index is 14.9. The highest BCUT2D eigenvalue weighted by molar-refractivity contribution is 5.92. The van der Waals surface area contributed by atoms with Crippen molar-refractivity contribution in [2.45, 2.75) is 38.8 Å². The number of ether oxygens (including phenoxy) is 4. The van der Waals surface area contributed by atoms with E-state index in [9.17, 15) is 13.2 Å². The van der Waals surface area contributed by atoms with Gasteiger partial charge in [0.05, 0.1) is 44.1 Å². The molecule has 1 saturated heterocycles. The van der Waals surface area contributed by atoms with Gasteiger partial charge in [-0.3, -0.25) is 0 Å². The molecule has 2 heterocycles. The lowest BCUT2D eigenvalue weighted by molar-refractivity contribution is -0.101. The predicted octanol–water partition coefficient (Wildman–Crippen LogP) is 5.16. The first-order valence-electron chi connectivity index (χ1n) is 11.3. The Morgan fingerprint density at radius 2 is 2.00 bits per heavy atom. The van der Waals surface area contributed by atoms with Gasteiger partial charge in [-0.2, -0.15) is 0 Å². The summed E-state index contributed by atoms with van der Waals surface area (Å²) in [5, 5.41) is 3.76. The number of fused-ring (bicyclic) bond motifs is 1. The zero-order valence-electron chi connectivity index (χ0n) is 20.0.